The number of hydrogen-bond donors (Lipinski definition) is 2. The first-order valence-corrected chi connectivity index (χ1v) is 7.93. The van der Waals surface area contributed by atoms with E-state index < -0.39 is 5.82 Å². The van der Waals surface area contributed by atoms with Gasteiger partial charge in [0, 0.05) is 22.2 Å². The van der Waals surface area contributed by atoms with E-state index in [1.807, 2.05) is 0 Å². The molecule has 1 saturated heterocycles. The van der Waals surface area contributed by atoms with Gasteiger partial charge in [0.2, 0.25) is 5.91 Å². The third-order valence-electron chi connectivity index (χ3n) is 4.70. The van der Waals surface area contributed by atoms with E-state index in [2.05, 4.69) is 10.6 Å². The van der Waals surface area contributed by atoms with Crippen molar-refractivity contribution in [1.82, 2.24) is 10.6 Å². The second kappa shape index (κ2) is 5.93. The minimum atomic E-state index is -0.418. The lowest BCUT2D eigenvalue weighted by Gasteiger charge is -2.48. The van der Waals surface area contributed by atoms with Gasteiger partial charge in [-0.1, -0.05) is 17.7 Å². The molecule has 2 N–H and O–H groups in total. The van der Waals surface area contributed by atoms with Gasteiger partial charge in [-0.25, -0.2) is 4.39 Å². The average Bonchev–Trinajstić information content (AvgIpc) is 2.42. The summed E-state index contributed by atoms with van der Waals surface area (Å²) in [4.78, 5) is 12.1. The molecule has 1 unspecified atom stereocenters. The number of nitrogens with one attached hydrogen (secondary N) is 2. The highest BCUT2D eigenvalue weighted by Gasteiger charge is 2.41. The molecule has 1 heterocycles. The fraction of sp³-hybridized carbons (Fsp3) is 0.562. The van der Waals surface area contributed by atoms with E-state index in [-0.39, 0.29) is 29.5 Å². The summed E-state index contributed by atoms with van der Waals surface area (Å²) in [6.07, 6.45) is 5.56. The van der Waals surface area contributed by atoms with Gasteiger partial charge in [0.1, 0.15) is 5.82 Å². The number of benzene rings is 1. The number of carbonyl (C=O) groups is 1. The first kappa shape index (κ1) is 14.8. The van der Waals surface area contributed by atoms with Crippen molar-refractivity contribution < 1.29 is 9.18 Å². The zero-order valence-electron chi connectivity index (χ0n) is 11.9. The summed E-state index contributed by atoms with van der Waals surface area (Å²) in [5, 5.41) is 6.92. The fourth-order valence-corrected chi connectivity index (χ4v) is 3.64. The standard InChI is InChI=1S/C16H20ClFN2O/c17-13-3-1-4-14(18)12(13)9-15(21)20-11-5-8-19-16(10-11)6-2-7-16/h1,3-4,11,19H,2,5-10H2,(H,20,21). The van der Waals surface area contributed by atoms with Crippen LogP contribution in [0.25, 0.3) is 0 Å². The molecule has 1 amide bonds. The van der Waals surface area contributed by atoms with Crippen LogP contribution in [0, 0.1) is 5.82 Å². The van der Waals surface area contributed by atoms with E-state index >= 15 is 0 Å². The molecule has 1 aliphatic heterocycles. The fourth-order valence-electron chi connectivity index (χ4n) is 3.41. The van der Waals surface area contributed by atoms with Crippen molar-refractivity contribution in [2.24, 2.45) is 0 Å². The zero-order valence-corrected chi connectivity index (χ0v) is 12.7. The highest BCUT2D eigenvalue weighted by atomic mass is 35.5. The van der Waals surface area contributed by atoms with Crippen molar-refractivity contribution >= 4 is 17.5 Å². The summed E-state index contributed by atoms with van der Waals surface area (Å²) in [6.45, 7) is 0.936. The molecular weight excluding hydrogens is 291 g/mol. The number of piperidine rings is 1. The van der Waals surface area contributed by atoms with Gasteiger partial charge < -0.3 is 10.6 Å². The number of rotatable bonds is 3. The van der Waals surface area contributed by atoms with E-state index in [1.165, 1.54) is 25.3 Å². The molecule has 3 nitrogen and oxygen atoms in total. The Hall–Kier alpha value is -1.13. The minimum Gasteiger partial charge on any atom is -0.353 e. The molecule has 1 aromatic carbocycles. The van der Waals surface area contributed by atoms with Crippen LogP contribution in [0.5, 0.6) is 0 Å². The van der Waals surface area contributed by atoms with Crippen molar-refractivity contribution in [3.63, 3.8) is 0 Å². The minimum absolute atomic E-state index is 0.00242. The molecule has 1 saturated carbocycles. The van der Waals surface area contributed by atoms with Crippen LogP contribution in [-0.4, -0.2) is 24.0 Å². The number of carbonyl (C=O) groups excluding carboxylic acids is 1. The monoisotopic (exact) mass is 310 g/mol. The molecule has 21 heavy (non-hydrogen) atoms. The van der Waals surface area contributed by atoms with Crippen molar-refractivity contribution in [3.05, 3.63) is 34.6 Å². The zero-order chi connectivity index (χ0) is 14.9. The highest BCUT2D eigenvalue weighted by Crippen LogP contribution is 2.38. The van der Waals surface area contributed by atoms with E-state index in [0.717, 1.165) is 19.4 Å². The predicted octanol–water partition coefficient (Wildman–Crippen LogP) is 2.81. The van der Waals surface area contributed by atoms with Gasteiger partial charge in [0.25, 0.3) is 0 Å². The maximum absolute atomic E-state index is 13.7. The lowest BCUT2D eigenvalue weighted by atomic mass is 9.70. The Labute approximate surface area is 129 Å². The molecule has 1 aliphatic carbocycles. The van der Waals surface area contributed by atoms with Crippen LogP contribution in [0.2, 0.25) is 5.02 Å². The van der Waals surface area contributed by atoms with Crippen LogP contribution in [0.15, 0.2) is 18.2 Å². The Bertz CT molecular complexity index is 525. The molecule has 1 spiro atoms. The van der Waals surface area contributed by atoms with Crippen molar-refractivity contribution in [3.8, 4) is 0 Å². The summed E-state index contributed by atoms with van der Waals surface area (Å²) in [5.74, 6) is -0.568. The van der Waals surface area contributed by atoms with Gasteiger partial charge in [-0.2, -0.15) is 0 Å². The van der Waals surface area contributed by atoms with Crippen LogP contribution in [-0.2, 0) is 11.2 Å². The number of amides is 1. The molecule has 2 aliphatic rings. The SMILES string of the molecule is O=C(Cc1c(F)cccc1Cl)NC1CCNC2(CCC2)C1. The molecule has 3 rings (SSSR count). The van der Waals surface area contributed by atoms with E-state index in [1.54, 1.807) is 12.1 Å². The summed E-state index contributed by atoms with van der Waals surface area (Å²) >= 11 is 5.96. The van der Waals surface area contributed by atoms with Crippen molar-refractivity contribution in [1.29, 1.82) is 0 Å². The van der Waals surface area contributed by atoms with Crippen molar-refractivity contribution in [2.75, 3.05) is 6.54 Å². The topological polar surface area (TPSA) is 41.1 Å². The van der Waals surface area contributed by atoms with Crippen LogP contribution in [0.1, 0.15) is 37.7 Å². The van der Waals surface area contributed by atoms with Gasteiger partial charge in [0.15, 0.2) is 0 Å². The predicted molar refractivity (Wildman–Crippen MR) is 80.9 cm³/mol. The van der Waals surface area contributed by atoms with E-state index in [9.17, 15) is 9.18 Å². The van der Waals surface area contributed by atoms with Gasteiger partial charge in [-0.15, -0.1) is 0 Å². The first-order valence-electron chi connectivity index (χ1n) is 7.55. The van der Waals surface area contributed by atoms with Gasteiger partial charge in [0.05, 0.1) is 6.42 Å². The van der Waals surface area contributed by atoms with Gasteiger partial charge in [-0.05, 0) is 50.8 Å². The second-order valence-electron chi connectivity index (χ2n) is 6.19. The largest absolute Gasteiger partial charge is 0.353 e. The highest BCUT2D eigenvalue weighted by molar-refractivity contribution is 6.31. The molecule has 2 fully saturated rings. The molecular formula is C16H20ClFN2O. The van der Waals surface area contributed by atoms with E-state index in [0.29, 0.717) is 5.02 Å². The van der Waals surface area contributed by atoms with Crippen LogP contribution in [0.4, 0.5) is 4.39 Å². The summed E-state index contributed by atoms with van der Waals surface area (Å²) < 4.78 is 13.7. The lowest BCUT2D eigenvalue weighted by molar-refractivity contribution is -0.121. The Kier molecular flexibility index (Phi) is 4.18. The Morgan fingerprint density at radius 2 is 2.29 bits per heavy atom. The normalized spacial score (nSPS) is 23.6. The lowest BCUT2D eigenvalue weighted by Crippen LogP contribution is -2.59. The smallest absolute Gasteiger partial charge is 0.224 e. The average molecular weight is 311 g/mol. The number of hydrogen-bond acceptors (Lipinski definition) is 2. The molecule has 0 radical (unpaired) electrons. The Morgan fingerprint density at radius 3 is 2.95 bits per heavy atom. The quantitative estimate of drug-likeness (QED) is 0.901. The van der Waals surface area contributed by atoms with Crippen molar-refractivity contribution in [2.45, 2.75) is 50.1 Å². The van der Waals surface area contributed by atoms with Crippen LogP contribution < -0.4 is 10.6 Å². The molecule has 114 valence electrons. The summed E-state index contributed by atoms with van der Waals surface area (Å²) in [5.41, 5.74) is 0.523. The molecule has 1 aromatic rings. The summed E-state index contributed by atoms with van der Waals surface area (Å²) in [6, 6.07) is 4.68. The maximum atomic E-state index is 13.7. The van der Waals surface area contributed by atoms with Crippen LogP contribution in [0.3, 0.4) is 0 Å². The van der Waals surface area contributed by atoms with Crippen LogP contribution >= 0.6 is 11.6 Å². The van der Waals surface area contributed by atoms with Gasteiger partial charge >= 0.3 is 0 Å². The third-order valence-corrected chi connectivity index (χ3v) is 5.06. The second-order valence-corrected chi connectivity index (χ2v) is 6.60. The first-order chi connectivity index (χ1) is 10.1. The Balaban J connectivity index is 1.59. The molecule has 1 atom stereocenters. The Morgan fingerprint density at radius 1 is 1.48 bits per heavy atom. The summed E-state index contributed by atoms with van der Waals surface area (Å²) in [7, 11) is 0. The molecule has 0 bridgehead atoms. The van der Waals surface area contributed by atoms with E-state index in [4.69, 9.17) is 11.6 Å². The van der Waals surface area contributed by atoms with Gasteiger partial charge in [-0.3, -0.25) is 4.79 Å². The maximum Gasteiger partial charge on any atom is 0.224 e. The third kappa shape index (κ3) is 3.22. The molecule has 5 heteroatoms. The number of halogens is 2. The molecule has 0 aromatic heterocycles.